The van der Waals surface area contributed by atoms with Crippen LogP contribution in [-0.4, -0.2) is 60.1 Å². The highest BCUT2D eigenvalue weighted by Crippen LogP contribution is 2.20. The standard InChI is InChI=1S/C15H22N2O2S/c1-11-4-5-14(20-11)6-7-15(19)17-10-13(18)8-12(17)9-16(2)3/h4-7,12-13,18H,8-10H2,1-3H3. The lowest BCUT2D eigenvalue weighted by atomic mass is 10.2. The van der Waals surface area contributed by atoms with E-state index in [2.05, 4.69) is 4.90 Å². The second kappa shape index (κ2) is 6.52. The number of hydrogen-bond acceptors (Lipinski definition) is 4. The molecule has 0 bridgehead atoms. The maximum atomic E-state index is 12.3. The summed E-state index contributed by atoms with van der Waals surface area (Å²) in [5, 5.41) is 9.79. The van der Waals surface area contributed by atoms with Crippen LogP contribution in [0.5, 0.6) is 0 Å². The zero-order valence-corrected chi connectivity index (χ0v) is 13.1. The number of thiophene rings is 1. The van der Waals surface area contributed by atoms with Crippen molar-refractivity contribution in [2.45, 2.75) is 25.5 Å². The minimum atomic E-state index is -0.402. The second-order valence-corrected chi connectivity index (χ2v) is 6.90. The molecule has 1 aliphatic rings. The fourth-order valence-electron chi connectivity index (χ4n) is 2.55. The summed E-state index contributed by atoms with van der Waals surface area (Å²) >= 11 is 1.67. The molecule has 0 spiro atoms. The Kier molecular flexibility index (Phi) is 4.96. The Labute approximate surface area is 124 Å². The van der Waals surface area contributed by atoms with Gasteiger partial charge in [0.1, 0.15) is 0 Å². The molecule has 2 rings (SSSR count). The van der Waals surface area contributed by atoms with Gasteiger partial charge in [0.15, 0.2) is 0 Å². The number of nitrogens with zero attached hydrogens (tertiary/aromatic N) is 2. The molecule has 1 saturated heterocycles. The van der Waals surface area contributed by atoms with Gasteiger partial charge in [-0.25, -0.2) is 0 Å². The van der Waals surface area contributed by atoms with E-state index in [1.807, 2.05) is 39.2 Å². The minimum absolute atomic E-state index is 0.0144. The van der Waals surface area contributed by atoms with E-state index in [0.717, 1.165) is 11.4 Å². The van der Waals surface area contributed by atoms with Crippen molar-refractivity contribution in [2.24, 2.45) is 0 Å². The Bertz CT molecular complexity index is 496. The first-order chi connectivity index (χ1) is 9.45. The van der Waals surface area contributed by atoms with Crippen LogP contribution in [0.3, 0.4) is 0 Å². The average Bonchev–Trinajstić information content (AvgIpc) is 2.92. The normalized spacial score (nSPS) is 23.1. The Morgan fingerprint density at radius 2 is 2.30 bits per heavy atom. The van der Waals surface area contributed by atoms with Crippen LogP contribution in [0.4, 0.5) is 0 Å². The predicted octanol–water partition coefficient (Wildman–Crippen LogP) is 1.59. The summed E-state index contributed by atoms with van der Waals surface area (Å²) in [4.78, 5) is 18.4. The molecule has 1 N–H and O–H groups in total. The molecular weight excluding hydrogens is 272 g/mol. The van der Waals surface area contributed by atoms with Crippen LogP contribution >= 0.6 is 11.3 Å². The summed E-state index contributed by atoms with van der Waals surface area (Å²) in [6.07, 6.45) is 3.74. The summed E-state index contributed by atoms with van der Waals surface area (Å²) in [6.45, 7) is 3.27. The van der Waals surface area contributed by atoms with Gasteiger partial charge in [0.05, 0.1) is 6.10 Å². The molecule has 4 nitrogen and oxygen atoms in total. The van der Waals surface area contributed by atoms with E-state index in [-0.39, 0.29) is 11.9 Å². The molecule has 2 heterocycles. The van der Waals surface area contributed by atoms with Crippen molar-refractivity contribution in [3.05, 3.63) is 28.0 Å². The largest absolute Gasteiger partial charge is 0.391 e. The first-order valence-corrected chi connectivity index (χ1v) is 7.65. The Balaban J connectivity index is 2.01. The van der Waals surface area contributed by atoms with E-state index in [1.54, 1.807) is 22.3 Å². The third-order valence-electron chi connectivity index (χ3n) is 3.40. The SMILES string of the molecule is Cc1ccc(C=CC(=O)N2CC(O)CC2CN(C)C)s1. The van der Waals surface area contributed by atoms with Crippen LogP contribution in [0, 0.1) is 6.92 Å². The maximum Gasteiger partial charge on any atom is 0.246 e. The van der Waals surface area contributed by atoms with Gasteiger partial charge in [-0.3, -0.25) is 4.79 Å². The van der Waals surface area contributed by atoms with Crippen LogP contribution in [-0.2, 0) is 4.79 Å². The third kappa shape index (κ3) is 3.91. The molecule has 20 heavy (non-hydrogen) atoms. The molecule has 1 amide bonds. The van der Waals surface area contributed by atoms with Crippen molar-refractivity contribution in [3.63, 3.8) is 0 Å². The molecule has 2 atom stereocenters. The van der Waals surface area contributed by atoms with Gasteiger partial charge in [0.25, 0.3) is 0 Å². The minimum Gasteiger partial charge on any atom is -0.391 e. The number of rotatable bonds is 4. The lowest BCUT2D eigenvalue weighted by molar-refractivity contribution is -0.127. The van der Waals surface area contributed by atoms with Crippen LogP contribution in [0.25, 0.3) is 6.08 Å². The molecule has 1 aromatic rings. The lowest BCUT2D eigenvalue weighted by Gasteiger charge is -2.25. The number of hydrogen-bond donors (Lipinski definition) is 1. The number of aliphatic hydroxyl groups excluding tert-OH is 1. The summed E-state index contributed by atoms with van der Waals surface area (Å²) in [5.74, 6) is -0.0144. The fraction of sp³-hybridized carbons (Fsp3) is 0.533. The van der Waals surface area contributed by atoms with Gasteiger partial charge in [0.2, 0.25) is 5.91 Å². The van der Waals surface area contributed by atoms with Crippen molar-refractivity contribution < 1.29 is 9.90 Å². The second-order valence-electron chi connectivity index (χ2n) is 5.58. The molecule has 1 aliphatic heterocycles. The van der Waals surface area contributed by atoms with E-state index in [1.165, 1.54) is 4.88 Å². The van der Waals surface area contributed by atoms with Gasteiger partial charge < -0.3 is 14.9 Å². The lowest BCUT2D eigenvalue weighted by Crippen LogP contribution is -2.40. The van der Waals surface area contributed by atoms with Crippen molar-refractivity contribution in [1.29, 1.82) is 0 Å². The monoisotopic (exact) mass is 294 g/mol. The fourth-order valence-corrected chi connectivity index (χ4v) is 3.33. The highest BCUT2D eigenvalue weighted by Gasteiger charge is 2.33. The molecule has 0 radical (unpaired) electrons. The smallest absolute Gasteiger partial charge is 0.246 e. The Morgan fingerprint density at radius 1 is 1.55 bits per heavy atom. The number of carbonyl (C=O) groups excluding carboxylic acids is 1. The summed E-state index contributed by atoms with van der Waals surface area (Å²) < 4.78 is 0. The zero-order valence-electron chi connectivity index (χ0n) is 12.2. The summed E-state index contributed by atoms with van der Waals surface area (Å²) in [7, 11) is 3.97. The number of amides is 1. The van der Waals surface area contributed by atoms with E-state index >= 15 is 0 Å². The van der Waals surface area contributed by atoms with E-state index in [9.17, 15) is 9.90 Å². The van der Waals surface area contributed by atoms with Crippen LogP contribution < -0.4 is 0 Å². The molecular formula is C15H22N2O2S. The number of carbonyl (C=O) groups is 1. The average molecular weight is 294 g/mol. The number of β-amino-alcohol motifs (C(OH)–C–C–N with tert-alkyl or cyclic N) is 1. The number of aryl methyl sites for hydroxylation is 1. The molecule has 0 saturated carbocycles. The van der Waals surface area contributed by atoms with Gasteiger partial charge in [-0.2, -0.15) is 0 Å². The van der Waals surface area contributed by atoms with Crippen molar-refractivity contribution in [1.82, 2.24) is 9.80 Å². The molecule has 110 valence electrons. The van der Waals surface area contributed by atoms with Gasteiger partial charge in [0, 0.05) is 35.0 Å². The molecule has 0 aromatic carbocycles. The topological polar surface area (TPSA) is 43.8 Å². The Morgan fingerprint density at radius 3 is 2.90 bits per heavy atom. The Hall–Kier alpha value is -1.17. The number of aliphatic hydroxyl groups is 1. The van der Waals surface area contributed by atoms with Crippen LogP contribution in [0.1, 0.15) is 16.2 Å². The molecule has 0 aliphatic carbocycles. The highest BCUT2D eigenvalue weighted by atomic mass is 32.1. The molecule has 1 aromatic heterocycles. The van der Waals surface area contributed by atoms with Crippen molar-refractivity contribution >= 4 is 23.3 Å². The van der Waals surface area contributed by atoms with Crippen molar-refractivity contribution in [2.75, 3.05) is 27.2 Å². The van der Waals surface area contributed by atoms with Crippen molar-refractivity contribution in [3.8, 4) is 0 Å². The summed E-state index contributed by atoms with van der Waals surface area (Å²) in [5.41, 5.74) is 0. The van der Waals surface area contributed by atoms with E-state index in [4.69, 9.17) is 0 Å². The molecule has 1 fully saturated rings. The maximum absolute atomic E-state index is 12.3. The number of likely N-dealkylation sites (tertiary alicyclic amines) is 1. The first kappa shape index (κ1) is 15.2. The quantitative estimate of drug-likeness (QED) is 0.858. The highest BCUT2D eigenvalue weighted by molar-refractivity contribution is 7.12. The third-order valence-corrected chi connectivity index (χ3v) is 4.37. The predicted molar refractivity (Wildman–Crippen MR) is 82.8 cm³/mol. The van der Waals surface area contributed by atoms with Gasteiger partial charge in [-0.1, -0.05) is 0 Å². The van der Waals surface area contributed by atoms with E-state index in [0.29, 0.717) is 13.0 Å². The molecule has 5 heteroatoms. The summed E-state index contributed by atoms with van der Waals surface area (Å²) in [6, 6.07) is 4.16. The first-order valence-electron chi connectivity index (χ1n) is 6.83. The van der Waals surface area contributed by atoms with Gasteiger partial charge >= 0.3 is 0 Å². The molecule has 2 unspecified atom stereocenters. The van der Waals surface area contributed by atoms with E-state index < -0.39 is 6.10 Å². The zero-order chi connectivity index (χ0) is 14.7. The number of likely N-dealkylation sites (N-methyl/N-ethyl adjacent to an activating group) is 1. The van der Waals surface area contributed by atoms with Gasteiger partial charge in [-0.05, 0) is 45.6 Å². The van der Waals surface area contributed by atoms with Crippen LogP contribution in [0.2, 0.25) is 0 Å². The van der Waals surface area contributed by atoms with Gasteiger partial charge in [-0.15, -0.1) is 11.3 Å². The van der Waals surface area contributed by atoms with Crippen LogP contribution in [0.15, 0.2) is 18.2 Å².